The first kappa shape index (κ1) is 18.0. The van der Waals surface area contributed by atoms with Crippen LogP contribution in [0.4, 0.5) is 0 Å². The zero-order valence-electron chi connectivity index (χ0n) is 15.5. The summed E-state index contributed by atoms with van der Waals surface area (Å²) in [6, 6.07) is 20.0. The number of nitrogens with one attached hydrogen (secondary N) is 1. The first-order valence-electron chi connectivity index (χ1n) is 9.17. The molecule has 0 bridgehead atoms. The third kappa shape index (κ3) is 3.18. The quantitative estimate of drug-likeness (QED) is 0.561. The van der Waals surface area contributed by atoms with Crippen molar-refractivity contribution in [3.05, 3.63) is 82.8 Å². The molecule has 3 N–H and O–H groups in total. The second-order valence-electron chi connectivity index (χ2n) is 6.79. The zero-order chi connectivity index (χ0) is 19.7. The summed E-state index contributed by atoms with van der Waals surface area (Å²) in [6.07, 6.45) is 0. The van der Waals surface area contributed by atoms with Gasteiger partial charge in [-0.05, 0) is 41.5 Å². The van der Waals surface area contributed by atoms with E-state index in [9.17, 15) is 9.59 Å². The standard InChI is InChI=1S/C22H21N3O3/c1-14(25-19-8-4-5-9-20(19)28-22(25)27)21(26)24-18(13-23)17-11-10-15-6-2-3-7-16(15)12-17/h2-12,14,18H,13,23H2,1H3,(H,24,26). The van der Waals surface area contributed by atoms with Gasteiger partial charge < -0.3 is 15.5 Å². The number of nitrogens with zero attached hydrogens (tertiary/aromatic N) is 1. The van der Waals surface area contributed by atoms with Gasteiger partial charge in [0.1, 0.15) is 6.04 Å². The largest absolute Gasteiger partial charge is 0.420 e. The Morgan fingerprint density at radius 2 is 1.79 bits per heavy atom. The molecule has 28 heavy (non-hydrogen) atoms. The van der Waals surface area contributed by atoms with Gasteiger partial charge in [-0.3, -0.25) is 9.36 Å². The normalized spacial score (nSPS) is 13.5. The molecule has 1 aromatic heterocycles. The minimum absolute atomic E-state index is 0.248. The maximum atomic E-state index is 12.9. The molecule has 0 aliphatic rings. The smallest absolute Gasteiger partial charge is 0.408 e. The van der Waals surface area contributed by atoms with Crippen molar-refractivity contribution in [3.8, 4) is 0 Å². The molecule has 2 unspecified atom stereocenters. The first-order chi connectivity index (χ1) is 13.6. The van der Waals surface area contributed by atoms with Crippen LogP contribution in [0, 0.1) is 0 Å². The van der Waals surface area contributed by atoms with Crippen LogP contribution in [-0.4, -0.2) is 17.0 Å². The number of amides is 1. The van der Waals surface area contributed by atoms with E-state index in [1.165, 1.54) is 4.57 Å². The number of hydrogen-bond acceptors (Lipinski definition) is 4. The molecule has 3 aromatic carbocycles. The highest BCUT2D eigenvalue weighted by Gasteiger charge is 2.23. The number of carbonyl (C=O) groups excluding carboxylic acids is 1. The lowest BCUT2D eigenvalue weighted by molar-refractivity contribution is -0.124. The van der Waals surface area contributed by atoms with E-state index in [1.54, 1.807) is 31.2 Å². The average molecular weight is 375 g/mol. The highest BCUT2D eigenvalue weighted by molar-refractivity contribution is 5.85. The third-order valence-electron chi connectivity index (χ3n) is 5.01. The highest BCUT2D eigenvalue weighted by Crippen LogP contribution is 2.22. The zero-order valence-corrected chi connectivity index (χ0v) is 15.5. The summed E-state index contributed by atoms with van der Waals surface area (Å²) in [4.78, 5) is 25.1. The van der Waals surface area contributed by atoms with Gasteiger partial charge in [0.15, 0.2) is 5.58 Å². The maximum absolute atomic E-state index is 12.9. The van der Waals surface area contributed by atoms with Crippen LogP contribution in [-0.2, 0) is 4.79 Å². The molecule has 4 rings (SSSR count). The van der Waals surface area contributed by atoms with Crippen LogP contribution < -0.4 is 16.8 Å². The van der Waals surface area contributed by atoms with Crippen LogP contribution in [0.3, 0.4) is 0 Å². The van der Waals surface area contributed by atoms with Gasteiger partial charge in [-0.25, -0.2) is 4.79 Å². The summed E-state index contributed by atoms with van der Waals surface area (Å²) < 4.78 is 6.60. The van der Waals surface area contributed by atoms with E-state index in [0.717, 1.165) is 16.3 Å². The number of oxazole rings is 1. The van der Waals surface area contributed by atoms with E-state index in [-0.39, 0.29) is 18.5 Å². The van der Waals surface area contributed by atoms with Gasteiger partial charge in [0.05, 0.1) is 11.6 Å². The van der Waals surface area contributed by atoms with Crippen LogP contribution in [0.2, 0.25) is 0 Å². The molecule has 6 heteroatoms. The predicted octanol–water partition coefficient (Wildman–Crippen LogP) is 3.12. The Morgan fingerprint density at radius 1 is 1.07 bits per heavy atom. The number of nitrogens with two attached hydrogens (primary N) is 1. The molecule has 0 aliphatic carbocycles. The summed E-state index contributed by atoms with van der Waals surface area (Å²) in [5, 5.41) is 5.17. The average Bonchev–Trinajstić information content (AvgIpc) is 3.06. The Morgan fingerprint density at radius 3 is 2.57 bits per heavy atom. The molecule has 1 amide bonds. The van der Waals surface area contributed by atoms with Crippen molar-refractivity contribution >= 4 is 27.8 Å². The van der Waals surface area contributed by atoms with E-state index < -0.39 is 11.8 Å². The van der Waals surface area contributed by atoms with Crippen molar-refractivity contribution in [2.75, 3.05) is 6.54 Å². The Bertz CT molecular complexity index is 1210. The highest BCUT2D eigenvalue weighted by atomic mass is 16.4. The maximum Gasteiger partial charge on any atom is 0.420 e. The molecule has 1 heterocycles. The molecule has 0 saturated heterocycles. The van der Waals surface area contributed by atoms with Crippen LogP contribution in [0.15, 0.2) is 75.9 Å². The topological polar surface area (TPSA) is 90.3 Å². The van der Waals surface area contributed by atoms with Crippen LogP contribution in [0.25, 0.3) is 21.9 Å². The molecule has 142 valence electrons. The van der Waals surface area contributed by atoms with Gasteiger partial charge >= 0.3 is 5.76 Å². The minimum Gasteiger partial charge on any atom is -0.408 e. The van der Waals surface area contributed by atoms with Gasteiger partial charge in [-0.2, -0.15) is 0 Å². The number of fused-ring (bicyclic) bond motifs is 2. The van der Waals surface area contributed by atoms with Crippen LogP contribution >= 0.6 is 0 Å². The second kappa shape index (κ2) is 7.32. The molecule has 0 aliphatic heterocycles. The fourth-order valence-corrected chi connectivity index (χ4v) is 3.46. The number of carbonyl (C=O) groups is 1. The van der Waals surface area contributed by atoms with E-state index in [2.05, 4.69) is 5.32 Å². The van der Waals surface area contributed by atoms with Crippen LogP contribution in [0.5, 0.6) is 0 Å². The molecule has 4 aromatic rings. The predicted molar refractivity (Wildman–Crippen MR) is 109 cm³/mol. The van der Waals surface area contributed by atoms with Crippen molar-refractivity contribution in [2.45, 2.75) is 19.0 Å². The Hall–Kier alpha value is -3.38. The lowest BCUT2D eigenvalue weighted by Gasteiger charge is -2.21. The van der Waals surface area contributed by atoms with Gasteiger partial charge in [0.2, 0.25) is 5.91 Å². The van der Waals surface area contributed by atoms with E-state index in [1.807, 2.05) is 42.5 Å². The second-order valence-corrected chi connectivity index (χ2v) is 6.79. The molecule has 6 nitrogen and oxygen atoms in total. The fourth-order valence-electron chi connectivity index (χ4n) is 3.46. The van der Waals surface area contributed by atoms with Crippen molar-refractivity contribution in [2.24, 2.45) is 5.73 Å². The van der Waals surface area contributed by atoms with Crippen LogP contribution in [0.1, 0.15) is 24.6 Å². The molecule has 0 spiro atoms. The fraction of sp³-hybridized carbons (Fsp3) is 0.182. The van der Waals surface area contributed by atoms with Crippen molar-refractivity contribution < 1.29 is 9.21 Å². The number of benzene rings is 3. The molecular formula is C22H21N3O3. The molecule has 2 atom stereocenters. The first-order valence-corrected chi connectivity index (χ1v) is 9.17. The third-order valence-corrected chi connectivity index (χ3v) is 5.01. The van der Waals surface area contributed by atoms with Gasteiger partial charge in [0, 0.05) is 6.54 Å². The number of rotatable bonds is 5. The molecule has 0 radical (unpaired) electrons. The number of hydrogen-bond donors (Lipinski definition) is 2. The summed E-state index contributed by atoms with van der Waals surface area (Å²) >= 11 is 0. The van der Waals surface area contributed by atoms with E-state index >= 15 is 0 Å². The summed E-state index contributed by atoms with van der Waals surface area (Å²) in [5.41, 5.74) is 7.90. The molecular weight excluding hydrogens is 354 g/mol. The van der Waals surface area contributed by atoms with E-state index in [0.29, 0.717) is 11.1 Å². The summed E-state index contributed by atoms with van der Waals surface area (Å²) in [7, 11) is 0. The number of para-hydroxylation sites is 2. The Balaban J connectivity index is 1.61. The summed E-state index contributed by atoms with van der Waals surface area (Å²) in [6.45, 7) is 1.92. The Labute approximate surface area is 161 Å². The molecule has 0 fully saturated rings. The van der Waals surface area contributed by atoms with Crippen molar-refractivity contribution in [1.82, 2.24) is 9.88 Å². The monoisotopic (exact) mass is 375 g/mol. The van der Waals surface area contributed by atoms with E-state index in [4.69, 9.17) is 10.2 Å². The van der Waals surface area contributed by atoms with Crippen molar-refractivity contribution in [3.63, 3.8) is 0 Å². The lowest BCUT2D eigenvalue weighted by atomic mass is 10.0. The van der Waals surface area contributed by atoms with Crippen molar-refractivity contribution in [1.29, 1.82) is 0 Å². The number of aromatic nitrogens is 1. The van der Waals surface area contributed by atoms with Gasteiger partial charge in [-0.15, -0.1) is 0 Å². The minimum atomic E-state index is -0.731. The van der Waals surface area contributed by atoms with Gasteiger partial charge in [-0.1, -0.05) is 48.5 Å². The summed E-state index contributed by atoms with van der Waals surface area (Å²) in [5.74, 6) is -0.851. The SMILES string of the molecule is CC(C(=O)NC(CN)c1ccc2ccccc2c1)n1c(=O)oc2ccccc21. The van der Waals surface area contributed by atoms with Gasteiger partial charge in [0.25, 0.3) is 0 Å². The lowest BCUT2D eigenvalue weighted by Crippen LogP contribution is -2.39. The Kier molecular flexibility index (Phi) is 4.71. The molecule has 0 saturated carbocycles.